The van der Waals surface area contributed by atoms with Crippen molar-refractivity contribution in [3.63, 3.8) is 0 Å². The van der Waals surface area contributed by atoms with E-state index in [1.165, 1.54) is 93.6 Å². The molecule has 0 spiro atoms. The summed E-state index contributed by atoms with van der Waals surface area (Å²) in [7, 11) is -2.46. The van der Waals surface area contributed by atoms with Crippen LogP contribution in [-0.4, -0.2) is 0 Å². The molecule has 0 atom stereocenters. The van der Waals surface area contributed by atoms with Crippen LogP contribution < -0.4 is 15.9 Å². The standard InChI is InChI=1S/C64H55P.Os/c1-8-20-45-30-35-55-57-37-33-50(42-61(57)63(4,5)59(55)39-45)51-34-38-58-56-36-31-46(40-60(56)64(6,7)62(58)43-51)29-32-48(41-49-22-19-21-47(49)9-2)44(3)65(52-23-13-10-14-24-52,53-25-15-11-16-26-53)54-27-17-12-18-28-54;/h8-18,20,23-28,30-31,33-43H,19,21-22H2,1-2,4-7H3;/q+1;/b20-8+,47-9?,48-44?,49-41?;. The second-order valence-corrected chi connectivity index (χ2v) is 22.9. The van der Waals surface area contributed by atoms with Gasteiger partial charge in [0, 0.05) is 5.41 Å². The van der Waals surface area contributed by atoms with Gasteiger partial charge >= 0.3 is 298 Å². The van der Waals surface area contributed by atoms with Crippen molar-refractivity contribution in [3.8, 4) is 49.6 Å². The number of fused-ring (bicyclic) bond motifs is 6. The molecule has 0 amide bonds. The van der Waals surface area contributed by atoms with Crippen LogP contribution in [-0.2, 0) is 28.8 Å². The van der Waals surface area contributed by atoms with Crippen molar-refractivity contribution in [2.24, 2.45) is 0 Å². The number of rotatable bonds is 7. The van der Waals surface area contributed by atoms with Crippen molar-refractivity contribution < 1.29 is 17.9 Å². The third kappa shape index (κ3) is 7.33. The van der Waals surface area contributed by atoms with E-state index in [1.54, 1.807) is 0 Å². The van der Waals surface area contributed by atoms with Gasteiger partial charge in [0.25, 0.3) is 0 Å². The molecule has 1 saturated carbocycles. The van der Waals surface area contributed by atoms with E-state index in [2.05, 4.69) is 246 Å². The molecule has 2 heteroatoms. The Morgan fingerprint density at radius 3 is 1.52 bits per heavy atom. The predicted octanol–water partition coefficient (Wildman–Crippen LogP) is 15.2. The zero-order valence-electron chi connectivity index (χ0n) is 38.8. The molecule has 0 unspecified atom stereocenters. The monoisotopic (exact) mass is 1050 g/mol. The summed E-state index contributed by atoms with van der Waals surface area (Å²) in [5, 5.41) is 5.09. The Balaban J connectivity index is 1.08. The van der Waals surface area contributed by atoms with Crippen LogP contribution in [0.25, 0.3) is 39.5 Å². The summed E-state index contributed by atoms with van der Waals surface area (Å²) < 4.78 is 3.88. The Kier molecular flexibility index (Phi) is 11.7. The Morgan fingerprint density at radius 2 is 1.02 bits per heavy atom. The summed E-state index contributed by atoms with van der Waals surface area (Å²) in [4.78, 5) is 0. The molecule has 323 valence electrons. The molecule has 7 aromatic carbocycles. The summed E-state index contributed by atoms with van der Waals surface area (Å²) in [6.07, 6.45) is 12.4. The van der Waals surface area contributed by atoms with E-state index in [1.807, 2.05) is 17.9 Å². The van der Waals surface area contributed by atoms with Crippen LogP contribution in [0, 0.1) is 16.2 Å². The average Bonchev–Trinajstić information content (AvgIpc) is 3.97. The molecule has 1 fully saturated rings. The second kappa shape index (κ2) is 17.6. The van der Waals surface area contributed by atoms with Crippen LogP contribution >= 0.6 is 7.26 Å². The van der Waals surface area contributed by atoms with Crippen molar-refractivity contribution in [3.05, 3.63) is 237 Å². The van der Waals surface area contributed by atoms with E-state index in [0.29, 0.717) is 0 Å². The molecular formula is C64H55OsP+. The van der Waals surface area contributed by atoms with Gasteiger partial charge in [0.1, 0.15) is 0 Å². The molecule has 0 heterocycles. The fourth-order valence-corrected chi connectivity index (χ4v) is 16.8. The van der Waals surface area contributed by atoms with Gasteiger partial charge in [0.05, 0.1) is 0 Å². The minimum atomic E-state index is -2.46. The number of allylic oxidation sites excluding steroid dienone is 7. The molecule has 0 N–H and O–H groups in total. The molecule has 66 heavy (non-hydrogen) atoms. The molecule has 0 aromatic heterocycles. The molecule has 0 saturated heterocycles. The van der Waals surface area contributed by atoms with Crippen LogP contribution in [0.5, 0.6) is 0 Å². The van der Waals surface area contributed by atoms with E-state index in [4.69, 9.17) is 0 Å². The van der Waals surface area contributed by atoms with Gasteiger partial charge in [-0.05, 0) is 46.4 Å². The third-order valence-corrected chi connectivity index (χ3v) is 19.9. The summed E-state index contributed by atoms with van der Waals surface area (Å²) in [5.41, 5.74) is 19.2. The molecular weight excluding hydrogens is 990 g/mol. The van der Waals surface area contributed by atoms with Crippen LogP contribution in [0.15, 0.2) is 204 Å². The summed E-state index contributed by atoms with van der Waals surface area (Å²) in [6.45, 7) is 13.8. The van der Waals surface area contributed by atoms with Gasteiger partial charge in [-0.2, -0.15) is 0 Å². The molecule has 0 bridgehead atoms. The predicted molar refractivity (Wildman–Crippen MR) is 280 cm³/mol. The summed E-state index contributed by atoms with van der Waals surface area (Å²) >= 11 is 1.83. The zero-order chi connectivity index (χ0) is 45.6. The van der Waals surface area contributed by atoms with Crippen molar-refractivity contribution in [2.75, 3.05) is 0 Å². The van der Waals surface area contributed by atoms with Crippen LogP contribution in [0.1, 0.15) is 94.2 Å². The van der Waals surface area contributed by atoms with E-state index in [-0.39, 0.29) is 10.8 Å². The normalized spacial score (nSPS) is 16.8. The van der Waals surface area contributed by atoms with Crippen molar-refractivity contribution in [1.29, 1.82) is 0 Å². The molecule has 0 radical (unpaired) electrons. The SMILES string of the molecule is CC=C1CCCC1=CC(C#Cc1ccc2c(c1)C(C)(C)c1cc(-c3ccc4c(c3)C(C)(C)c3cc(/C=C/C)ccc3-4)ccc1-2)=C([C]#[Os])[P+](c1ccccc1)(c1ccccc1)c1ccccc1. The topological polar surface area (TPSA) is 0 Å². The first kappa shape index (κ1) is 43.8. The van der Waals surface area contributed by atoms with Gasteiger partial charge in [-0.15, -0.1) is 0 Å². The van der Waals surface area contributed by atoms with Crippen LogP contribution in [0.4, 0.5) is 0 Å². The summed E-state index contributed by atoms with van der Waals surface area (Å²) in [6, 6.07) is 61.5. The van der Waals surface area contributed by atoms with Crippen LogP contribution in [0.2, 0.25) is 0 Å². The molecule has 10 rings (SSSR count). The first-order valence-electron chi connectivity index (χ1n) is 23.4. The van der Waals surface area contributed by atoms with Gasteiger partial charge in [-0.25, -0.2) is 0 Å². The Hall–Kier alpha value is -6.09. The minimum absolute atomic E-state index is 0.0816. The van der Waals surface area contributed by atoms with E-state index < -0.39 is 7.26 Å². The first-order chi connectivity index (χ1) is 32.1. The molecule has 0 nitrogen and oxygen atoms in total. The molecule has 3 aliphatic carbocycles. The first-order valence-corrected chi connectivity index (χ1v) is 26.4. The number of benzene rings is 7. The maximum absolute atomic E-state index is 3.88. The van der Waals surface area contributed by atoms with Crippen molar-refractivity contribution >= 4 is 29.3 Å². The Bertz CT molecular complexity index is 3190. The number of hydrogen-bond donors (Lipinski definition) is 0. The number of hydrogen-bond acceptors (Lipinski definition) is 0. The molecule has 0 aliphatic heterocycles. The fourth-order valence-electron chi connectivity index (χ4n) is 11.1. The van der Waals surface area contributed by atoms with Gasteiger partial charge in [-0.3, -0.25) is 0 Å². The molecule has 3 aliphatic rings. The quantitative estimate of drug-likeness (QED) is 0.110. The van der Waals surface area contributed by atoms with E-state index in [0.717, 1.165) is 30.4 Å². The van der Waals surface area contributed by atoms with Gasteiger partial charge in [0.2, 0.25) is 0 Å². The summed E-state index contributed by atoms with van der Waals surface area (Å²) in [5.74, 6) is 7.66. The van der Waals surface area contributed by atoms with Crippen LogP contribution in [0.3, 0.4) is 0 Å². The van der Waals surface area contributed by atoms with Crippen molar-refractivity contribution in [2.45, 2.75) is 71.6 Å². The van der Waals surface area contributed by atoms with Gasteiger partial charge in [0.15, 0.2) is 0 Å². The van der Waals surface area contributed by atoms with E-state index in [9.17, 15) is 0 Å². The maximum atomic E-state index is 3.88. The fraction of sp³-hybridized carbons (Fsp3) is 0.172. The zero-order valence-corrected chi connectivity index (χ0v) is 42.3. The van der Waals surface area contributed by atoms with E-state index >= 15 is 0 Å². The van der Waals surface area contributed by atoms with Gasteiger partial charge in [-0.1, -0.05) is 56.3 Å². The average molecular weight is 1050 g/mol. The second-order valence-electron chi connectivity index (χ2n) is 19.0. The third-order valence-electron chi connectivity index (χ3n) is 14.5. The van der Waals surface area contributed by atoms with Gasteiger partial charge < -0.3 is 0 Å². The van der Waals surface area contributed by atoms with Crippen molar-refractivity contribution in [1.82, 2.24) is 0 Å². The Morgan fingerprint density at radius 1 is 0.545 bits per heavy atom. The molecule has 7 aromatic rings. The Labute approximate surface area is 403 Å².